The van der Waals surface area contributed by atoms with E-state index in [0.29, 0.717) is 44.0 Å². The molecule has 1 aromatic rings. The second-order valence-corrected chi connectivity index (χ2v) is 9.46. The molecule has 1 fully saturated rings. The summed E-state index contributed by atoms with van der Waals surface area (Å²) in [5.74, 6) is 1.01. The van der Waals surface area contributed by atoms with Gasteiger partial charge in [-0.1, -0.05) is 25.1 Å². The molecule has 28 heavy (non-hydrogen) atoms. The molecule has 1 aromatic carbocycles. The molecular weight excluding hydrogens is 391 g/mol. The lowest BCUT2D eigenvalue weighted by Gasteiger charge is -2.17. The van der Waals surface area contributed by atoms with Crippen molar-refractivity contribution in [1.82, 2.24) is 10.6 Å². The van der Waals surface area contributed by atoms with E-state index in [0.717, 1.165) is 6.07 Å². The van der Waals surface area contributed by atoms with Crippen LogP contribution in [0.1, 0.15) is 43.7 Å². The normalized spacial score (nSPS) is 20.8. The van der Waals surface area contributed by atoms with Crippen molar-refractivity contribution in [3.05, 3.63) is 35.4 Å². The van der Waals surface area contributed by atoms with Crippen molar-refractivity contribution >= 4 is 15.8 Å². The fraction of sp³-hybridized carbons (Fsp3) is 0.632. The highest BCUT2D eigenvalue weighted by Gasteiger charge is 2.30. The molecule has 2 N–H and O–H groups in total. The van der Waals surface area contributed by atoms with E-state index in [2.05, 4.69) is 15.6 Å². The molecule has 2 atom stereocenters. The first kappa shape index (κ1) is 22.5. The Balaban J connectivity index is 1.87. The quantitative estimate of drug-likeness (QED) is 0.526. The third-order valence-corrected chi connectivity index (χ3v) is 6.67. The van der Waals surface area contributed by atoms with Gasteiger partial charge in [0, 0.05) is 19.6 Å². The summed E-state index contributed by atoms with van der Waals surface area (Å²) in [6.07, 6.45) is -3.06. The van der Waals surface area contributed by atoms with Crippen molar-refractivity contribution in [3.63, 3.8) is 0 Å². The molecule has 2 rings (SSSR count). The van der Waals surface area contributed by atoms with Crippen LogP contribution in [0, 0.1) is 5.92 Å². The maximum Gasteiger partial charge on any atom is 0.416 e. The Morgan fingerprint density at radius 1 is 1.32 bits per heavy atom. The average molecular weight is 420 g/mol. The Labute approximate surface area is 164 Å². The lowest BCUT2D eigenvalue weighted by molar-refractivity contribution is -0.137. The molecule has 0 amide bonds. The van der Waals surface area contributed by atoms with Gasteiger partial charge in [0.25, 0.3) is 0 Å². The van der Waals surface area contributed by atoms with E-state index < -0.39 is 21.6 Å². The number of alkyl halides is 3. The first-order valence-electron chi connectivity index (χ1n) is 9.50. The standard InChI is InChI=1S/C19H28F3N3O2S/c1-3-23-18(25-12-15-8-10-28(26,27)13-15)24-9-7-14(2)16-5-4-6-17(11-16)19(20,21)22/h4-6,11,14-15H,3,7-10,12-13H2,1-2H3,(H2,23,24,25). The first-order chi connectivity index (χ1) is 13.1. The van der Waals surface area contributed by atoms with Crippen LogP contribution in [0.2, 0.25) is 0 Å². The molecule has 0 radical (unpaired) electrons. The van der Waals surface area contributed by atoms with E-state index in [-0.39, 0.29) is 23.3 Å². The van der Waals surface area contributed by atoms with Crippen LogP contribution in [-0.2, 0) is 16.0 Å². The van der Waals surface area contributed by atoms with Gasteiger partial charge in [0.2, 0.25) is 0 Å². The van der Waals surface area contributed by atoms with Crippen molar-refractivity contribution in [2.45, 2.75) is 38.8 Å². The van der Waals surface area contributed by atoms with Crippen LogP contribution < -0.4 is 10.6 Å². The zero-order valence-electron chi connectivity index (χ0n) is 16.2. The van der Waals surface area contributed by atoms with Gasteiger partial charge < -0.3 is 10.6 Å². The van der Waals surface area contributed by atoms with Gasteiger partial charge in [-0.2, -0.15) is 13.2 Å². The molecule has 0 aromatic heterocycles. The maximum atomic E-state index is 12.9. The molecule has 1 saturated heterocycles. The van der Waals surface area contributed by atoms with Gasteiger partial charge >= 0.3 is 6.18 Å². The molecule has 0 bridgehead atoms. The number of hydrogen-bond acceptors (Lipinski definition) is 3. The van der Waals surface area contributed by atoms with E-state index in [4.69, 9.17) is 0 Å². The summed E-state index contributed by atoms with van der Waals surface area (Å²) < 4.78 is 61.6. The summed E-state index contributed by atoms with van der Waals surface area (Å²) in [5, 5.41) is 6.29. The average Bonchev–Trinajstić information content (AvgIpc) is 2.98. The first-order valence-corrected chi connectivity index (χ1v) is 11.3. The minimum atomic E-state index is -4.34. The van der Waals surface area contributed by atoms with Crippen molar-refractivity contribution in [3.8, 4) is 0 Å². The van der Waals surface area contributed by atoms with Crippen LogP contribution in [-0.4, -0.2) is 45.5 Å². The number of rotatable bonds is 7. The van der Waals surface area contributed by atoms with Crippen molar-refractivity contribution in [2.75, 3.05) is 31.1 Å². The Morgan fingerprint density at radius 2 is 2.07 bits per heavy atom. The Hall–Kier alpha value is -1.77. The molecular formula is C19H28F3N3O2S. The number of hydrogen-bond donors (Lipinski definition) is 2. The number of aliphatic imine (C=N–C) groups is 1. The van der Waals surface area contributed by atoms with Crippen LogP contribution in [0.4, 0.5) is 13.2 Å². The Bertz CT molecular complexity index is 779. The number of guanidine groups is 1. The minimum absolute atomic E-state index is 0.0438. The van der Waals surface area contributed by atoms with E-state index in [1.54, 1.807) is 6.07 Å². The van der Waals surface area contributed by atoms with Crippen molar-refractivity contribution in [2.24, 2.45) is 10.9 Å². The molecule has 2 unspecified atom stereocenters. The smallest absolute Gasteiger partial charge is 0.357 e. The SMILES string of the molecule is CCNC(=NCC1CCS(=O)(=O)C1)NCCC(C)c1cccc(C(F)(F)F)c1. The zero-order valence-corrected chi connectivity index (χ0v) is 17.0. The van der Waals surface area contributed by atoms with Crippen LogP contribution in [0.15, 0.2) is 29.3 Å². The minimum Gasteiger partial charge on any atom is -0.357 e. The lowest BCUT2D eigenvalue weighted by Crippen LogP contribution is -2.38. The third-order valence-electron chi connectivity index (χ3n) is 4.83. The summed E-state index contributed by atoms with van der Waals surface area (Å²) >= 11 is 0. The molecule has 0 saturated carbocycles. The summed E-state index contributed by atoms with van der Waals surface area (Å²) in [6, 6.07) is 5.42. The predicted octanol–water partition coefficient (Wildman–Crippen LogP) is 3.19. The zero-order chi connectivity index (χ0) is 20.8. The topological polar surface area (TPSA) is 70.6 Å². The van der Waals surface area contributed by atoms with Crippen LogP contribution in [0.3, 0.4) is 0 Å². The Kier molecular flexibility index (Phi) is 7.74. The van der Waals surface area contributed by atoms with Crippen LogP contribution in [0.25, 0.3) is 0 Å². The highest BCUT2D eigenvalue weighted by molar-refractivity contribution is 7.91. The molecule has 0 aliphatic carbocycles. The summed E-state index contributed by atoms with van der Waals surface area (Å²) in [7, 11) is -2.92. The highest BCUT2D eigenvalue weighted by Crippen LogP contribution is 2.31. The van der Waals surface area contributed by atoms with Gasteiger partial charge in [-0.05, 0) is 43.2 Å². The van der Waals surface area contributed by atoms with Crippen molar-refractivity contribution in [1.29, 1.82) is 0 Å². The lowest BCUT2D eigenvalue weighted by atomic mass is 9.96. The molecule has 1 aliphatic rings. The predicted molar refractivity (Wildman–Crippen MR) is 105 cm³/mol. The molecule has 158 valence electrons. The fourth-order valence-electron chi connectivity index (χ4n) is 3.17. The fourth-order valence-corrected chi connectivity index (χ4v) is 5.02. The third kappa shape index (κ3) is 7.00. The summed E-state index contributed by atoms with van der Waals surface area (Å²) in [6.45, 7) is 5.48. The molecule has 5 nitrogen and oxygen atoms in total. The van der Waals surface area contributed by atoms with Gasteiger partial charge in [0.15, 0.2) is 15.8 Å². The van der Waals surface area contributed by atoms with Gasteiger partial charge in [-0.25, -0.2) is 8.42 Å². The number of benzene rings is 1. The largest absolute Gasteiger partial charge is 0.416 e. The van der Waals surface area contributed by atoms with E-state index in [1.807, 2.05) is 13.8 Å². The van der Waals surface area contributed by atoms with E-state index >= 15 is 0 Å². The molecule has 1 heterocycles. The second-order valence-electron chi connectivity index (χ2n) is 7.23. The molecule has 9 heteroatoms. The van der Waals surface area contributed by atoms with E-state index in [9.17, 15) is 21.6 Å². The summed E-state index contributed by atoms with van der Waals surface area (Å²) in [4.78, 5) is 4.46. The van der Waals surface area contributed by atoms with Gasteiger partial charge in [0.05, 0.1) is 17.1 Å². The number of sulfone groups is 1. The van der Waals surface area contributed by atoms with Crippen LogP contribution in [0.5, 0.6) is 0 Å². The van der Waals surface area contributed by atoms with E-state index in [1.165, 1.54) is 12.1 Å². The molecule has 0 spiro atoms. The number of nitrogens with one attached hydrogen (secondary N) is 2. The highest BCUT2D eigenvalue weighted by atomic mass is 32.2. The Morgan fingerprint density at radius 3 is 2.68 bits per heavy atom. The number of nitrogens with zero attached hydrogens (tertiary/aromatic N) is 1. The van der Waals surface area contributed by atoms with Gasteiger partial charge in [0.1, 0.15) is 0 Å². The maximum absolute atomic E-state index is 12.9. The monoisotopic (exact) mass is 419 g/mol. The molecule has 1 aliphatic heterocycles. The van der Waals surface area contributed by atoms with Gasteiger partial charge in [-0.15, -0.1) is 0 Å². The van der Waals surface area contributed by atoms with Crippen molar-refractivity contribution < 1.29 is 21.6 Å². The second kappa shape index (κ2) is 9.62. The number of halogens is 3. The van der Waals surface area contributed by atoms with Gasteiger partial charge in [-0.3, -0.25) is 4.99 Å². The summed E-state index contributed by atoms with van der Waals surface area (Å²) in [5.41, 5.74) is 0.0148. The van der Waals surface area contributed by atoms with Crippen LogP contribution >= 0.6 is 0 Å².